The minimum Gasteiger partial charge on any atom is -0.394 e. The zero-order valence-electron chi connectivity index (χ0n) is 16.3. The summed E-state index contributed by atoms with van der Waals surface area (Å²) in [5.74, 6) is -3.79. The Morgan fingerprint density at radius 1 is 1.13 bits per heavy atom. The lowest BCUT2D eigenvalue weighted by Crippen LogP contribution is -2.50. The zero-order chi connectivity index (χ0) is 22.3. The number of aliphatic hydroxyl groups is 1. The fraction of sp³-hybridized carbons (Fsp3) is 0.273. The number of halogens is 3. The predicted molar refractivity (Wildman–Crippen MR) is 107 cm³/mol. The van der Waals surface area contributed by atoms with E-state index in [0.717, 1.165) is 6.07 Å². The second kappa shape index (κ2) is 8.07. The minimum atomic E-state index is -1.17. The SMILES string of the molecule is NC(=O)[C@H](CO)NC(=O)[C@H]1C[C@H](c2c(-c3ccc(F)cc3)[nH]c3c(F)cc(F)cc32)C1. The Kier molecular flexibility index (Phi) is 5.45. The van der Waals surface area contributed by atoms with Crippen LogP contribution in [0.1, 0.15) is 24.3 Å². The Hall–Kier alpha value is -3.33. The smallest absolute Gasteiger partial charge is 0.242 e. The molecular formula is C22H20F3N3O3. The number of benzene rings is 2. The molecule has 0 aliphatic heterocycles. The summed E-state index contributed by atoms with van der Waals surface area (Å²) in [6.45, 7) is -0.604. The second-order valence-electron chi connectivity index (χ2n) is 7.74. The molecule has 1 aromatic heterocycles. The lowest BCUT2D eigenvalue weighted by atomic mass is 9.69. The largest absolute Gasteiger partial charge is 0.394 e. The maximum absolute atomic E-state index is 14.4. The topological polar surface area (TPSA) is 108 Å². The number of nitrogens with one attached hydrogen (secondary N) is 2. The maximum atomic E-state index is 14.4. The standard InChI is InChI=1S/C22H20F3N3O3/c23-13-3-1-10(2-4-13)19-18(15-7-14(24)8-16(25)20(15)28-19)11-5-12(6-11)22(31)27-17(9-29)21(26)30/h1-4,7-8,11-12,17,28-29H,5-6,9H2,(H2,26,30)(H,27,31)/t11-,12-,17-/m0/s1. The number of hydrogen-bond acceptors (Lipinski definition) is 3. The molecule has 1 atom stereocenters. The number of aliphatic hydroxyl groups excluding tert-OH is 1. The molecule has 1 heterocycles. The molecule has 4 rings (SSSR count). The molecule has 0 unspecified atom stereocenters. The first-order valence-corrected chi connectivity index (χ1v) is 9.75. The summed E-state index contributed by atoms with van der Waals surface area (Å²) in [4.78, 5) is 26.6. The zero-order valence-corrected chi connectivity index (χ0v) is 16.3. The third kappa shape index (κ3) is 3.88. The van der Waals surface area contributed by atoms with Crippen LogP contribution in [0.4, 0.5) is 13.2 Å². The Morgan fingerprint density at radius 3 is 2.42 bits per heavy atom. The molecule has 6 nitrogen and oxygen atoms in total. The van der Waals surface area contributed by atoms with Gasteiger partial charge in [0, 0.05) is 17.4 Å². The molecule has 0 radical (unpaired) electrons. The molecular weight excluding hydrogens is 411 g/mol. The second-order valence-corrected chi connectivity index (χ2v) is 7.74. The number of aromatic amines is 1. The van der Waals surface area contributed by atoms with Crippen molar-refractivity contribution in [2.45, 2.75) is 24.8 Å². The van der Waals surface area contributed by atoms with Gasteiger partial charge in [-0.2, -0.15) is 0 Å². The normalized spacial score (nSPS) is 19.1. The molecule has 0 bridgehead atoms. The molecule has 1 fully saturated rings. The monoisotopic (exact) mass is 431 g/mol. The quantitative estimate of drug-likeness (QED) is 0.482. The van der Waals surface area contributed by atoms with Crippen molar-refractivity contribution in [1.82, 2.24) is 10.3 Å². The van der Waals surface area contributed by atoms with Gasteiger partial charge in [-0.3, -0.25) is 9.59 Å². The molecule has 0 spiro atoms. The first-order chi connectivity index (χ1) is 14.8. The van der Waals surface area contributed by atoms with Crippen LogP contribution in [-0.4, -0.2) is 34.6 Å². The van der Waals surface area contributed by atoms with Crippen LogP contribution in [-0.2, 0) is 9.59 Å². The summed E-state index contributed by atoms with van der Waals surface area (Å²) in [5, 5.41) is 11.9. The fourth-order valence-electron chi connectivity index (χ4n) is 4.07. The van der Waals surface area contributed by atoms with E-state index in [-0.39, 0.29) is 11.4 Å². The van der Waals surface area contributed by atoms with Crippen LogP contribution in [0, 0.1) is 23.4 Å². The highest BCUT2D eigenvalue weighted by molar-refractivity contribution is 5.93. The molecule has 0 saturated heterocycles. The van der Waals surface area contributed by atoms with E-state index in [4.69, 9.17) is 10.8 Å². The van der Waals surface area contributed by atoms with Gasteiger partial charge in [-0.25, -0.2) is 13.2 Å². The van der Waals surface area contributed by atoms with Gasteiger partial charge in [0.1, 0.15) is 23.5 Å². The summed E-state index contributed by atoms with van der Waals surface area (Å²) < 4.78 is 41.7. The van der Waals surface area contributed by atoms with E-state index in [0.29, 0.717) is 35.0 Å². The summed E-state index contributed by atoms with van der Waals surface area (Å²) in [6, 6.07) is 6.48. The van der Waals surface area contributed by atoms with Crippen molar-refractivity contribution < 1.29 is 27.9 Å². The molecule has 2 amide bonds. The highest BCUT2D eigenvalue weighted by Crippen LogP contribution is 2.48. The molecule has 9 heteroatoms. The van der Waals surface area contributed by atoms with Crippen molar-refractivity contribution >= 4 is 22.7 Å². The van der Waals surface area contributed by atoms with Gasteiger partial charge >= 0.3 is 0 Å². The summed E-state index contributed by atoms with van der Waals surface area (Å²) in [5.41, 5.74) is 7.06. The fourth-order valence-corrected chi connectivity index (χ4v) is 4.07. The molecule has 5 N–H and O–H groups in total. The van der Waals surface area contributed by atoms with Gasteiger partial charge in [-0.05, 0) is 60.2 Å². The Balaban J connectivity index is 1.66. The minimum absolute atomic E-state index is 0.137. The van der Waals surface area contributed by atoms with Crippen LogP contribution in [0.3, 0.4) is 0 Å². The van der Waals surface area contributed by atoms with Crippen LogP contribution < -0.4 is 11.1 Å². The molecule has 2 aromatic carbocycles. The highest BCUT2D eigenvalue weighted by Gasteiger charge is 2.39. The predicted octanol–water partition coefficient (Wildman–Crippen LogP) is 2.71. The maximum Gasteiger partial charge on any atom is 0.242 e. The van der Waals surface area contributed by atoms with Crippen molar-refractivity contribution in [1.29, 1.82) is 0 Å². The number of amides is 2. The van der Waals surface area contributed by atoms with Crippen molar-refractivity contribution in [2.24, 2.45) is 11.7 Å². The molecule has 1 aliphatic rings. The van der Waals surface area contributed by atoms with E-state index in [1.807, 2.05) is 0 Å². The molecule has 3 aromatic rings. The van der Waals surface area contributed by atoms with Crippen LogP contribution in [0.2, 0.25) is 0 Å². The van der Waals surface area contributed by atoms with Gasteiger partial charge < -0.3 is 21.1 Å². The number of H-pyrrole nitrogens is 1. The summed E-state index contributed by atoms with van der Waals surface area (Å²) in [6.07, 6.45) is 0.754. The molecule has 162 valence electrons. The van der Waals surface area contributed by atoms with Crippen molar-refractivity contribution in [3.05, 3.63) is 59.4 Å². The molecule has 31 heavy (non-hydrogen) atoms. The van der Waals surface area contributed by atoms with Crippen molar-refractivity contribution in [3.63, 3.8) is 0 Å². The van der Waals surface area contributed by atoms with Crippen LogP contribution in [0.15, 0.2) is 36.4 Å². The number of carbonyl (C=O) groups is 2. The van der Waals surface area contributed by atoms with Gasteiger partial charge in [-0.15, -0.1) is 0 Å². The van der Waals surface area contributed by atoms with Crippen molar-refractivity contribution in [3.8, 4) is 11.3 Å². The Morgan fingerprint density at radius 2 is 1.81 bits per heavy atom. The summed E-state index contributed by atoms with van der Waals surface area (Å²) >= 11 is 0. The lowest BCUT2D eigenvalue weighted by Gasteiger charge is -2.35. The van der Waals surface area contributed by atoms with Gasteiger partial charge in [0.15, 0.2) is 0 Å². The van der Waals surface area contributed by atoms with Crippen molar-refractivity contribution in [2.75, 3.05) is 6.61 Å². The number of nitrogens with two attached hydrogens (primary N) is 1. The lowest BCUT2D eigenvalue weighted by molar-refractivity contribution is -0.132. The number of aromatic nitrogens is 1. The number of carbonyl (C=O) groups excluding carboxylic acids is 2. The number of primary amides is 1. The van der Waals surface area contributed by atoms with Crippen LogP contribution in [0.25, 0.3) is 22.2 Å². The van der Waals surface area contributed by atoms with E-state index in [1.165, 1.54) is 18.2 Å². The van der Waals surface area contributed by atoms with Gasteiger partial charge in [0.2, 0.25) is 11.8 Å². The van der Waals surface area contributed by atoms with E-state index >= 15 is 0 Å². The van der Waals surface area contributed by atoms with E-state index < -0.39 is 47.8 Å². The van der Waals surface area contributed by atoms with Gasteiger partial charge in [0.25, 0.3) is 0 Å². The average molecular weight is 431 g/mol. The third-order valence-corrected chi connectivity index (χ3v) is 5.76. The Labute approximate surface area is 175 Å². The first kappa shape index (κ1) is 20.9. The van der Waals surface area contributed by atoms with E-state index in [9.17, 15) is 22.8 Å². The summed E-state index contributed by atoms with van der Waals surface area (Å²) in [7, 11) is 0. The highest BCUT2D eigenvalue weighted by atomic mass is 19.1. The van der Waals surface area contributed by atoms with Gasteiger partial charge in [-0.1, -0.05) is 0 Å². The van der Waals surface area contributed by atoms with Crippen LogP contribution in [0.5, 0.6) is 0 Å². The average Bonchev–Trinajstić information content (AvgIpc) is 3.05. The van der Waals surface area contributed by atoms with Crippen LogP contribution >= 0.6 is 0 Å². The van der Waals surface area contributed by atoms with E-state index in [2.05, 4.69) is 10.3 Å². The third-order valence-electron chi connectivity index (χ3n) is 5.76. The first-order valence-electron chi connectivity index (χ1n) is 9.75. The van der Waals surface area contributed by atoms with E-state index in [1.54, 1.807) is 12.1 Å². The number of rotatable bonds is 6. The molecule has 1 saturated carbocycles. The molecule has 1 aliphatic carbocycles. The van der Waals surface area contributed by atoms with Gasteiger partial charge in [0.05, 0.1) is 17.8 Å². The number of hydrogen-bond donors (Lipinski definition) is 4. The Bertz CT molecular complexity index is 1150. The number of fused-ring (bicyclic) bond motifs is 1.